The van der Waals surface area contributed by atoms with Crippen molar-refractivity contribution < 1.29 is 14.6 Å². The molecule has 0 unspecified atom stereocenters. The van der Waals surface area contributed by atoms with Crippen molar-refractivity contribution in [3.63, 3.8) is 0 Å². The van der Waals surface area contributed by atoms with E-state index in [2.05, 4.69) is 4.99 Å². The van der Waals surface area contributed by atoms with E-state index in [1.165, 1.54) is 0 Å². The van der Waals surface area contributed by atoms with Gasteiger partial charge in [0.1, 0.15) is 0 Å². The Morgan fingerprint density at radius 2 is 1.91 bits per heavy atom. The molecule has 1 amide bonds. The van der Waals surface area contributed by atoms with E-state index in [9.17, 15) is 9.90 Å². The van der Waals surface area contributed by atoms with Crippen molar-refractivity contribution in [3.8, 4) is 11.5 Å². The smallest absolute Gasteiger partial charge is 0.311 e. The maximum atomic E-state index is 12.5. The van der Waals surface area contributed by atoms with Crippen LogP contribution in [0.5, 0.6) is 11.5 Å². The van der Waals surface area contributed by atoms with E-state index in [0.717, 1.165) is 34.2 Å². The number of benzene rings is 3. The van der Waals surface area contributed by atoms with Crippen molar-refractivity contribution in [2.45, 2.75) is 19.4 Å². The molecule has 0 spiro atoms. The highest BCUT2D eigenvalue weighted by atomic mass is 35.5. The number of ether oxygens (including phenoxy) is 1. The third kappa shape index (κ3) is 4.97. The fraction of sp³-hybridized carbons (Fsp3) is 0.148. The number of carbonyl (C=O) groups excluding carboxylic acids is 1. The molecule has 35 heavy (non-hydrogen) atoms. The summed E-state index contributed by atoms with van der Waals surface area (Å²) in [7, 11) is 0. The molecule has 0 fully saturated rings. The van der Waals surface area contributed by atoms with Gasteiger partial charge in [0.25, 0.3) is 0 Å². The van der Waals surface area contributed by atoms with Crippen molar-refractivity contribution in [3.05, 3.63) is 99.4 Å². The van der Waals surface area contributed by atoms with Gasteiger partial charge in [0.05, 0.1) is 23.3 Å². The molecule has 2 aliphatic heterocycles. The largest absolute Gasteiger partial charge is 0.504 e. The standard InChI is InChI=1S/C27H22ClN3O3S/c1-2-34-24-14-17(8-13-23(24)32)15-25-26(29-27(33)35-25)31-22(19-9-11-20(28)12-10-19)16-21(30-31)18-6-4-3-5-7-18/h3-15,22,32H,2,16H2,1H3/b25-15-/t22-/m0/s1. The summed E-state index contributed by atoms with van der Waals surface area (Å²) in [6, 6.07) is 22.6. The lowest BCUT2D eigenvalue weighted by molar-refractivity contribution is 0.267. The van der Waals surface area contributed by atoms with Crippen molar-refractivity contribution in [2.24, 2.45) is 10.1 Å². The van der Waals surface area contributed by atoms with Gasteiger partial charge in [-0.3, -0.25) is 4.79 Å². The van der Waals surface area contributed by atoms with E-state index < -0.39 is 0 Å². The van der Waals surface area contributed by atoms with E-state index in [4.69, 9.17) is 21.4 Å². The second-order valence-electron chi connectivity index (χ2n) is 8.00. The number of hydrogen-bond donors (Lipinski definition) is 1. The van der Waals surface area contributed by atoms with Gasteiger partial charge in [0.2, 0.25) is 0 Å². The molecule has 6 nitrogen and oxygen atoms in total. The molecule has 0 aromatic heterocycles. The molecule has 3 aromatic carbocycles. The van der Waals surface area contributed by atoms with Gasteiger partial charge in [0.15, 0.2) is 17.3 Å². The summed E-state index contributed by atoms with van der Waals surface area (Å²) in [5, 5.41) is 17.2. The first kappa shape index (κ1) is 23.2. The number of amidine groups is 1. The zero-order valence-corrected chi connectivity index (χ0v) is 20.5. The Morgan fingerprint density at radius 3 is 2.66 bits per heavy atom. The van der Waals surface area contributed by atoms with Crippen LogP contribution in [-0.2, 0) is 0 Å². The second kappa shape index (κ2) is 9.98. The molecule has 3 aromatic rings. The van der Waals surface area contributed by atoms with Crippen molar-refractivity contribution >= 4 is 46.2 Å². The number of rotatable bonds is 5. The monoisotopic (exact) mass is 503 g/mol. The number of halogens is 1. The van der Waals surface area contributed by atoms with E-state index in [0.29, 0.717) is 34.5 Å². The number of aliphatic imine (C=N–C) groups is 1. The lowest BCUT2D eigenvalue weighted by atomic mass is 9.98. The lowest BCUT2D eigenvalue weighted by Gasteiger charge is -2.24. The lowest BCUT2D eigenvalue weighted by Crippen LogP contribution is -2.26. The van der Waals surface area contributed by atoms with Crippen molar-refractivity contribution in [2.75, 3.05) is 6.61 Å². The Labute approximate surface area is 212 Å². The highest BCUT2D eigenvalue weighted by Gasteiger charge is 2.36. The van der Waals surface area contributed by atoms with Crippen LogP contribution in [0.25, 0.3) is 6.08 Å². The predicted molar refractivity (Wildman–Crippen MR) is 141 cm³/mol. The van der Waals surface area contributed by atoms with Gasteiger partial charge in [-0.05, 0) is 65.7 Å². The first-order chi connectivity index (χ1) is 17.0. The topological polar surface area (TPSA) is 74.5 Å². The van der Waals surface area contributed by atoms with Crippen LogP contribution in [0, 0.1) is 0 Å². The van der Waals surface area contributed by atoms with Gasteiger partial charge in [-0.2, -0.15) is 10.1 Å². The van der Waals surface area contributed by atoms with Crippen LogP contribution in [0.15, 0.2) is 87.8 Å². The van der Waals surface area contributed by atoms with E-state index >= 15 is 0 Å². The minimum Gasteiger partial charge on any atom is -0.504 e. The third-order valence-corrected chi connectivity index (χ3v) is 6.72. The fourth-order valence-electron chi connectivity index (χ4n) is 4.06. The molecule has 0 saturated carbocycles. The Balaban J connectivity index is 1.55. The number of phenolic OH excluding ortho intramolecular Hbond substituents is 1. The molecule has 0 saturated heterocycles. The summed E-state index contributed by atoms with van der Waals surface area (Å²) in [5.41, 5.74) is 3.75. The number of phenols is 1. The average molecular weight is 504 g/mol. The van der Waals surface area contributed by atoms with Crippen molar-refractivity contribution in [1.29, 1.82) is 0 Å². The maximum Gasteiger partial charge on any atom is 0.311 e. The maximum absolute atomic E-state index is 12.5. The van der Waals surface area contributed by atoms with Crippen LogP contribution in [0.3, 0.4) is 0 Å². The van der Waals surface area contributed by atoms with Crippen LogP contribution < -0.4 is 4.74 Å². The average Bonchev–Trinajstić information content (AvgIpc) is 3.46. The highest BCUT2D eigenvalue weighted by Crippen LogP contribution is 2.40. The van der Waals surface area contributed by atoms with E-state index in [1.807, 2.05) is 72.6 Å². The zero-order valence-electron chi connectivity index (χ0n) is 18.9. The number of hydrazone groups is 1. The minimum atomic E-state index is -0.298. The number of hydrogen-bond acceptors (Lipinski definition) is 6. The molecule has 8 heteroatoms. The van der Waals surface area contributed by atoms with Crippen molar-refractivity contribution in [1.82, 2.24) is 5.01 Å². The Kier molecular flexibility index (Phi) is 6.61. The van der Waals surface area contributed by atoms with E-state index in [-0.39, 0.29) is 17.0 Å². The quantitative estimate of drug-likeness (QED) is 0.410. The molecular formula is C27H22ClN3O3S. The summed E-state index contributed by atoms with van der Waals surface area (Å²) in [6.07, 6.45) is 2.52. The van der Waals surface area contributed by atoms with Gasteiger partial charge >= 0.3 is 5.24 Å². The summed E-state index contributed by atoms with van der Waals surface area (Å²) < 4.78 is 5.51. The normalized spacial score (nSPS) is 18.7. The molecule has 1 atom stereocenters. The third-order valence-electron chi connectivity index (χ3n) is 5.69. The van der Waals surface area contributed by atoms with Crippen LogP contribution >= 0.6 is 23.4 Å². The van der Waals surface area contributed by atoms with Crippen LogP contribution in [-0.4, -0.2) is 33.5 Å². The molecule has 176 valence electrons. The SMILES string of the molecule is CCOc1cc(/C=C2\SC(=O)N=C2N2N=C(c3ccccc3)C[C@H]2c2ccc(Cl)cc2)ccc1O. The molecule has 0 aliphatic carbocycles. The summed E-state index contributed by atoms with van der Waals surface area (Å²) in [6.45, 7) is 2.29. The number of nitrogens with zero attached hydrogens (tertiary/aromatic N) is 3. The van der Waals surface area contributed by atoms with Crippen LogP contribution in [0.4, 0.5) is 4.79 Å². The highest BCUT2D eigenvalue weighted by molar-refractivity contribution is 8.18. The van der Waals surface area contributed by atoms with Gasteiger partial charge in [0, 0.05) is 11.4 Å². The molecule has 0 radical (unpaired) electrons. The first-order valence-electron chi connectivity index (χ1n) is 11.2. The number of thioether (sulfide) groups is 1. The molecule has 2 heterocycles. The molecule has 2 aliphatic rings. The Bertz CT molecular complexity index is 1350. The molecular weight excluding hydrogens is 482 g/mol. The van der Waals surface area contributed by atoms with E-state index in [1.54, 1.807) is 18.2 Å². The number of aromatic hydroxyl groups is 1. The first-order valence-corrected chi connectivity index (χ1v) is 12.4. The summed E-state index contributed by atoms with van der Waals surface area (Å²) in [5.74, 6) is 0.952. The van der Waals surface area contributed by atoms with Gasteiger partial charge in [-0.1, -0.05) is 60.1 Å². The Morgan fingerprint density at radius 1 is 1.14 bits per heavy atom. The van der Waals surface area contributed by atoms with Gasteiger partial charge in [-0.25, -0.2) is 5.01 Å². The minimum absolute atomic E-state index is 0.0671. The van der Waals surface area contributed by atoms with Crippen LogP contribution in [0.2, 0.25) is 5.02 Å². The molecule has 5 rings (SSSR count). The summed E-state index contributed by atoms with van der Waals surface area (Å²) >= 11 is 7.19. The zero-order chi connectivity index (χ0) is 24.4. The summed E-state index contributed by atoms with van der Waals surface area (Å²) in [4.78, 5) is 17.5. The van der Waals surface area contributed by atoms with Crippen LogP contribution in [0.1, 0.15) is 36.1 Å². The Hall–Kier alpha value is -3.55. The second-order valence-corrected chi connectivity index (χ2v) is 9.43. The number of amides is 1. The van der Waals surface area contributed by atoms with Gasteiger partial charge < -0.3 is 9.84 Å². The van der Waals surface area contributed by atoms with Gasteiger partial charge in [-0.15, -0.1) is 0 Å². The predicted octanol–water partition coefficient (Wildman–Crippen LogP) is 6.90. The number of carbonyl (C=O) groups is 1. The fourth-order valence-corrected chi connectivity index (χ4v) is 4.93. The molecule has 1 N–H and O–H groups in total. The molecule has 0 bridgehead atoms.